The number of hydrogen-bond donors (Lipinski definition) is 1. The van der Waals surface area contributed by atoms with E-state index < -0.39 is 0 Å². The molecule has 1 rings (SSSR count). The maximum absolute atomic E-state index is 10.2. The molecule has 114 valence electrons. The van der Waals surface area contributed by atoms with E-state index in [1.54, 1.807) is 0 Å². The van der Waals surface area contributed by atoms with Crippen LogP contribution in [0.15, 0.2) is 24.3 Å². The Morgan fingerprint density at radius 3 is 2.30 bits per heavy atom. The zero-order chi connectivity index (χ0) is 15.1. The second-order valence-corrected chi connectivity index (χ2v) is 6.13. The molecule has 3 nitrogen and oxygen atoms in total. The van der Waals surface area contributed by atoms with Gasteiger partial charge in [-0.05, 0) is 32.5 Å². The SMILES string of the molecule is CCC(O)c1ccccc1N(CCN(C)C)CC(C)C. The summed E-state index contributed by atoms with van der Waals surface area (Å²) in [4.78, 5) is 4.60. The summed E-state index contributed by atoms with van der Waals surface area (Å²) in [5, 5.41) is 10.2. The molecular formula is C17H30N2O. The third kappa shape index (κ3) is 5.14. The summed E-state index contributed by atoms with van der Waals surface area (Å²) in [7, 11) is 4.20. The molecular weight excluding hydrogens is 248 g/mol. The Morgan fingerprint density at radius 2 is 1.75 bits per heavy atom. The minimum atomic E-state index is -0.375. The first-order chi connectivity index (χ1) is 9.45. The molecule has 0 saturated carbocycles. The Hall–Kier alpha value is -1.06. The number of rotatable bonds is 8. The molecule has 0 amide bonds. The van der Waals surface area contributed by atoms with Gasteiger partial charge in [-0.25, -0.2) is 0 Å². The predicted octanol–water partition coefficient (Wildman–Crippen LogP) is 3.15. The summed E-state index contributed by atoms with van der Waals surface area (Å²) >= 11 is 0. The van der Waals surface area contributed by atoms with Crippen LogP contribution in [0.3, 0.4) is 0 Å². The molecule has 0 radical (unpaired) electrons. The summed E-state index contributed by atoms with van der Waals surface area (Å²) in [6.07, 6.45) is 0.375. The first-order valence-electron chi connectivity index (χ1n) is 7.62. The largest absolute Gasteiger partial charge is 0.388 e. The van der Waals surface area contributed by atoms with Crippen LogP contribution >= 0.6 is 0 Å². The highest BCUT2D eigenvalue weighted by Crippen LogP contribution is 2.28. The third-order valence-corrected chi connectivity index (χ3v) is 3.43. The number of aliphatic hydroxyl groups excluding tert-OH is 1. The fourth-order valence-corrected chi connectivity index (χ4v) is 2.35. The average Bonchev–Trinajstić information content (AvgIpc) is 2.42. The summed E-state index contributed by atoms with van der Waals surface area (Å²) < 4.78 is 0. The number of aliphatic hydroxyl groups is 1. The average molecular weight is 278 g/mol. The van der Waals surface area contributed by atoms with E-state index in [1.807, 2.05) is 19.1 Å². The van der Waals surface area contributed by atoms with Crippen LogP contribution in [0.1, 0.15) is 38.9 Å². The highest BCUT2D eigenvalue weighted by atomic mass is 16.3. The van der Waals surface area contributed by atoms with Crippen molar-refractivity contribution in [2.45, 2.75) is 33.3 Å². The van der Waals surface area contributed by atoms with E-state index in [-0.39, 0.29) is 6.10 Å². The molecule has 0 aliphatic carbocycles. The van der Waals surface area contributed by atoms with Crippen molar-refractivity contribution in [3.8, 4) is 0 Å². The van der Waals surface area contributed by atoms with Crippen molar-refractivity contribution in [3.63, 3.8) is 0 Å². The molecule has 1 aromatic rings. The Balaban J connectivity index is 2.99. The molecule has 0 aromatic heterocycles. The lowest BCUT2D eigenvalue weighted by atomic mass is 10.0. The molecule has 0 aliphatic rings. The summed E-state index contributed by atoms with van der Waals surface area (Å²) in [5.74, 6) is 0.601. The zero-order valence-electron chi connectivity index (χ0n) is 13.6. The standard InChI is InChI=1S/C17H30N2O/c1-6-17(20)15-9-7-8-10-16(15)19(13-14(2)3)12-11-18(4)5/h7-10,14,17,20H,6,11-13H2,1-5H3. The van der Waals surface area contributed by atoms with Gasteiger partial charge in [0.1, 0.15) is 0 Å². The minimum absolute atomic E-state index is 0.375. The molecule has 0 fully saturated rings. The highest BCUT2D eigenvalue weighted by Gasteiger charge is 2.16. The van der Waals surface area contributed by atoms with Gasteiger partial charge in [-0.2, -0.15) is 0 Å². The molecule has 0 bridgehead atoms. The highest BCUT2D eigenvalue weighted by molar-refractivity contribution is 5.54. The van der Waals surface area contributed by atoms with Crippen LogP contribution in [-0.4, -0.2) is 43.7 Å². The van der Waals surface area contributed by atoms with E-state index in [1.165, 1.54) is 5.69 Å². The Labute approximate surface area is 124 Å². The third-order valence-electron chi connectivity index (χ3n) is 3.43. The maximum atomic E-state index is 10.2. The number of benzene rings is 1. The fraction of sp³-hybridized carbons (Fsp3) is 0.647. The number of para-hydroxylation sites is 1. The van der Waals surface area contributed by atoms with Crippen molar-refractivity contribution in [2.24, 2.45) is 5.92 Å². The van der Waals surface area contributed by atoms with Crippen LogP contribution in [0.5, 0.6) is 0 Å². The summed E-state index contributed by atoms with van der Waals surface area (Å²) in [6, 6.07) is 8.25. The molecule has 20 heavy (non-hydrogen) atoms. The van der Waals surface area contributed by atoms with Gasteiger partial charge in [-0.3, -0.25) is 0 Å². The smallest absolute Gasteiger partial charge is 0.0807 e. The number of nitrogens with zero attached hydrogens (tertiary/aromatic N) is 2. The Kier molecular flexibility index (Phi) is 7.03. The van der Waals surface area contributed by atoms with Crippen LogP contribution < -0.4 is 4.90 Å². The van der Waals surface area contributed by atoms with Crippen molar-refractivity contribution in [1.82, 2.24) is 4.90 Å². The normalized spacial score (nSPS) is 13.0. The van der Waals surface area contributed by atoms with Gasteiger partial charge in [0.2, 0.25) is 0 Å². The van der Waals surface area contributed by atoms with Crippen molar-refractivity contribution in [3.05, 3.63) is 29.8 Å². The fourth-order valence-electron chi connectivity index (χ4n) is 2.35. The van der Waals surface area contributed by atoms with Gasteiger partial charge >= 0.3 is 0 Å². The van der Waals surface area contributed by atoms with Gasteiger partial charge in [0.25, 0.3) is 0 Å². The number of hydrogen-bond acceptors (Lipinski definition) is 3. The number of anilines is 1. The minimum Gasteiger partial charge on any atom is -0.388 e. The zero-order valence-corrected chi connectivity index (χ0v) is 13.6. The van der Waals surface area contributed by atoms with Crippen LogP contribution in [0.2, 0.25) is 0 Å². The van der Waals surface area contributed by atoms with Crippen molar-refractivity contribution in [2.75, 3.05) is 38.6 Å². The van der Waals surface area contributed by atoms with Crippen molar-refractivity contribution in [1.29, 1.82) is 0 Å². The summed E-state index contributed by atoms with van der Waals surface area (Å²) in [5.41, 5.74) is 2.23. The van der Waals surface area contributed by atoms with Gasteiger partial charge in [-0.1, -0.05) is 39.0 Å². The lowest BCUT2D eigenvalue weighted by molar-refractivity contribution is 0.174. The molecule has 0 heterocycles. The van der Waals surface area contributed by atoms with Crippen LogP contribution in [0, 0.1) is 5.92 Å². The lowest BCUT2D eigenvalue weighted by Gasteiger charge is -2.31. The predicted molar refractivity (Wildman–Crippen MR) is 87.3 cm³/mol. The van der Waals surface area contributed by atoms with E-state index in [9.17, 15) is 5.11 Å². The second kappa shape index (κ2) is 8.28. The van der Waals surface area contributed by atoms with E-state index in [0.29, 0.717) is 5.92 Å². The quantitative estimate of drug-likeness (QED) is 0.791. The summed E-state index contributed by atoms with van der Waals surface area (Å²) in [6.45, 7) is 9.51. The van der Waals surface area contributed by atoms with Crippen molar-refractivity contribution < 1.29 is 5.11 Å². The molecule has 1 N–H and O–H groups in total. The molecule has 1 atom stereocenters. The topological polar surface area (TPSA) is 26.7 Å². The van der Waals surface area contributed by atoms with Gasteiger partial charge in [0.15, 0.2) is 0 Å². The van der Waals surface area contributed by atoms with Gasteiger partial charge < -0.3 is 14.9 Å². The molecule has 1 aromatic carbocycles. The monoisotopic (exact) mass is 278 g/mol. The number of likely N-dealkylation sites (N-methyl/N-ethyl adjacent to an activating group) is 1. The molecule has 3 heteroatoms. The Morgan fingerprint density at radius 1 is 1.10 bits per heavy atom. The van der Waals surface area contributed by atoms with E-state index in [2.05, 4.69) is 49.9 Å². The van der Waals surface area contributed by atoms with Crippen LogP contribution in [0.25, 0.3) is 0 Å². The second-order valence-electron chi connectivity index (χ2n) is 6.13. The van der Waals surface area contributed by atoms with Crippen LogP contribution in [-0.2, 0) is 0 Å². The van der Waals surface area contributed by atoms with E-state index >= 15 is 0 Å². The maximum Gasteiger partial charge on any atom is 0.0807 e. The molecule has 0 aliphatic heterocycles. The first-order valence-corrected chi connectivity index (χ1v) is 7.62. The van der Waals surface area contributed by atoms with Gasteiger partial charge in [-0.15, -0.1) is 0 Å². The Bertz CT molecular complexity index is 390. The van der Waals surface area contributed by atoms with Crippen LogP contribution in [0.4, 0.5) is 5.69 Å². The van der Waals surface area contributed by atoms with Crippen molar-refractivity contribution >= 4 is 5.69 Å². The molecule has 0 saturated heterocycles. The van der Waals surface area contributed by atoms with Gasteiger partial charge in [0, 0.05) is 30.9 Å². The molecule has 0 spiro atoms. The lowest BCUT2D eigenvalue weighted by Crippen LogP contribution is -2.35. The molecule has 1 unspecified atom stereocenters. The first kappa shape index (κ1) is 17.0. The van der Waals surface area contributed by atoms with Gasteiger partial charge in [0.05, 0.1) is 6.10 Å². The van der Waals surface area contributed by atoms with E-state index in [0.717, 1.165) is 31.6 Å². The van der Waals surface area contributed by atoms with E-state index in [4.69, 9.17) is 0 Å².